The zero-order valence-electron chi connectivity index (χ0n) is 4.64. The molecule has 0 spiro atoms. The second-order valence-corrected chi connectivity index (χ2v) is 3.47. The van der Waals surface area contributed by atoms with Gasteiger partial charge in [0, 0.05) is 0 Å². The Morgan fingerprint density at radius 1 is 1.44 bits per heavy atom. The third kappa shape index (κ3) is 4.31. The molecule has 54 valence electrons. The van der Waals surface area contributed by atoms with Crippen molar-refractivity contribution in [2.24, 2.45) is 0 Å². The van der Waals surface area contributed by atoms with Crippen molar-refractivity contribution in [3.8, 4) is 0 Å². The van der Waals surface area contributed by atoms with Crippen LogP contribution >= 0.6 is 0 Å². The molecule has 0 saturated heterocycles. The number of hydrogen-bond acceptors (Lipinski definition) is 3. The summed E-state index contributed by atoms with van der Waals surface area (Å²) >= 11 is -2.08. The Labute approximate surface area is 56.7 Å². The summed E-state index contributed by atoms with van der Waals surface area (Å²) in [7, 11) is -2.34. The van der Waals surface area contributed by atoms with Gasteiger partial charge in [0.25, 0.3) is 0 Å². The van der Waals surface area contributed by atoms with Gasteiger partial charge in [-0.25, -0.2) is 4.21 Å². The summed E-state index contributed by atoms with van der Waals surface area (Å²) in [4.78, 5) is 0. The molecule has 6 heteroatoms. The lowest BCUT2D eigenvalue weighted by molar-refractivity contribution is 0.561. The van der Waals surface area contributed by atoms with Crippen molar-refractivity contribution in [2.75, 3.05) is 0 Å². The minimum Gasteiger partial charge on any atom is -0.306 e. The molecule has 1 N–H and O–H groups in total. The van der Waals surface area contributed by atoms with Gasteiger partial charge in [-0.1, -0.05) is 0 Å². The van der Waals surface area contributed by atoms with Crippen molar-refractivity contribution in [3.05, 3.63) is 0 Å². The SMILES string of the molecule is CC(C=S(=O)=O)S(=O)O. The van der Waals surface area contributed by atoms with Crippen molar-refractivity contribution in [1.82, 2.24) is 0 Å². The van der Waals surface area contributed by atoms with Gasteiger partial charge >= 0.3 is 0 Å². The van der Waals surface area contributed by atoms with Crippen molar-refractivity contribution >= 4 is 26.7 Å². The molecule has 0 amide bonds. The lowest BCUT2D eigenvalue weighted by Crippen LogP contribution is -2.10. The van der Waals surface area contributed by atoms with E-state index in [1.54, 1.807) is 0 Å². The molecular formula is C3H6O4S2. The Morgan fingerprint density at radius 2 is 1.89 bits per heavy atom. The first kappa shape index (κ1) is 8.80. The number of hydrogen-bond donors (Lipinski definition) is 1. The highest BCUT2D eigenvalue weighted by Gasteiger charge is 2.03. The van der Waals surface area contributed by atoms with Crippen molar-refractivity contribution < 1.29 is 17.2 Å². The summed E-state index contributed by atoms with van der Waals surface area (Å²) in [6, 6.07) is 0. The van der Waals surface area contributed by atoms with Gasteiger partial charge < -0.3 is 4.55 Å². The Hall–Kier alpha value is -0.200. The van der Waals surface area contributed by atoms with E-state index in [0.29, 0.717) is 0 Å². The predicted molar refractivity (Wildman–Crippen MR) is 35.2 cm³/mol. The Bertz CT molecular complexity index is 218. The number of rotatable bonds is 2. The average molecular weight is 170 g/mol. The predicted octanol–water partition coefficient (Wildman–Crippen LogP) is -0.722. The monoisotopic (exact) mass is 170 g/mol. The molecule has 0 aliphatic carbocycles. The van der Waals surface area contributed by atoms with Crippen LogP contribution in [-0.4, -0.2) is 27.8 Å². The average Bonchev–Trinajstić information content (AvgIpc) is 1.63. The van der Waals surface area contributed by atoms with Crippen LogP contribution in [0.2, 0.25) is 0 Å². The van der Waals surface area contributed by atoms with Crippen LogP contribution in [0.15, 0.2) is 0 Å². The first-order chi connectivity index (χ1) is 4.04. The minimum absolute atomic E-state index is 0.774. The first-order valence-electron chi connectivity index (χ1n) is 2.06. The van der Waals surface area contributed by atoms with Gasteiger partial charge in [0.15, 0.2) is 11.1 Å². The summed E-state index contributed by atoms with van der Waals surface area (Å²) in [5, 5.41) is -0.0424. The zero-order valence-corrected chi connectivity index (χ0v) is 6.28. The molecule has 0 bridgehead atoms. The third-order valence-electron chi connectivity index (χ3n) is 0.621. The van der Waals surface area contributed by atoms with Crippen LogP contribution in [0.4, 0.5) is 0 Å². The van der Waals surface area contributed by atoms with Gasteiger partial charge in [-0.15, -0.1) is 0 Å². The van der Waals surface area contributed by atoms with Crippen molar-refractivity contribution in [2.45, 2.75) is 12.2 Å². The van der Waals surface area contributed by atoms with Crippen LogP contribution < -0.4 is 0 Å². The second-order valence-electron chi connectivity index (χ2n) is 1.38. The molecule has 0 rings (SSSR count). The molecule has 2 unspecified atom stereocenters. The quantitative estimate of drug-likeness (QED) is 0.438. The third-order valence-corrected chi connectivity index (χ3v) is 2.20. The van der Waals surface area contributed by atoms with Gasteiger partial charge in [-0.3, -0.25) is 0 Å². The van der Waals surface area contributed by atoms with E-state index in [2.05, 4.69) is 0 Å². The fourth-order valence-electron chi connectivity index (χ4n) is 0.204. The Kier molecular flexibility index (Phi) is 3.67. The summed E-state index contributed by atoms with van der Waals surface area (Å²) in [5.74, 6) is 0. The zero-order chi connectivity index (χ0) is 7.44. The van der Waals surface area contributed by atoms with Gasteiger partial charge in [0.2, 0.25) is 10.3 Å². The van der Waals surface area contributed by atoms with Crippen LogP contribution in [0.1, 0.15) is 6.92 Å². The lowest BCUT2D eigenvalue weighted by Gasteiger charge is -1.91. The second kappa shape index (κ2) is 3.76. The Morgan fingerprint density at radius 3 is 2.00 bits per heavy atom. The normalized spacial score (nSPS) is 16.2. The standard InChI is InChI=1S/C3H6O4S2/c1-3(9(6)7)2-8(4)5/h2-3H,1H3,(H,6,7). The molecule has 9 heavy (non-hydrogen) atoms. The molecule has 0 aromatic carbocycles. The van der Waals surface area contributed by atoms with Crippen molar-refractivity contribution in [3.63, 3.8) is 0 Å². The maximum atomic E-state index is 10.0. The van der Waals surface area contributed by atoms with E-state index < -0.39 is 26.6 Å². The first-order valence-corrected chi connectivity index (χ1v) is 4.37. The highest BCUT2D eigenvalue weighted by molar-refractivity contribution is 7.82. The van der Waals surface area contributed by atoms with E-state index in [9.17, 15) is 12.6 Å². The van der Waals surface area contributed by atoms with Crippen LogP contribution in [-0.2, 0) is 21.4 Å². The topological polar surface area (TPSA) is 71.4 Å². The van der Waals surface area contributed by atoms with E-state index in [0.717, 1.165) is 5.37 Å². The molecule has 0 fully saturated rings. The summed E-state index contributed by atoms with van der Waals surface area (Å²) < 4.78 is 37.9. The Balaban J connectivity index is 4.26. The fraction of sp³-hybridized carbons (Fsp3) is 0.667. The van der Waals surface area contributed by atoms with E-state index >= 15 is 0 Å². The fourth-order valence-corrected chi connectivity index (χ4v) is 1.17. The van der Waals surface area contributed by atoms with E-state index in [4.69, 9.17) is 4.55 Å². The summed E-state index contributed by atoms with van der Waals surface area (Å²) in [5.41, 5.74) is 0. The van der Waals surface area contributed by atoms with Gasteiger partial charge in [-0.05, 0) is 6.92 Å². The molecule has 0 saturated carbocycles. The molecule has 4 nitrogen and oxygen atoms in total. The summed E-state index contributed by atoms with van der Waals surface area (Å²) in [6.45, 7) is 1.34. The minimum atomic E-state index is -2.34. The van der Waals surface area contributed by atoms with E-state index in [-0.39, 0.29) is 0 Å². The highest BCUT2D eigenvalue weighted by Crippen LogP contribution is 1.84. The largest absolute Gasteiger partial charge is 0.306 e. The van der Waals surface area contributed by atoms with Gasteiger partial charge in [-0.2, -0.15) is 8.42 Å². The maximum absolute atomic E-state index is 10.0. The molecule has 0 aromatic rings. The molecule has 2 atom stereocenters. The van der Waals surface area contributed by atoms with Crippen LogP contribution in [0.3, 0.4) is 0 Å². The molecule has 0 aliphatic heterocycles. The lowest BCUT2D eigenvalue weighted by atomic mass is 10.6. The van der Waals surface area contributed by atoms with E-state index in [1.165, 1.54) is 6.92 Å². The molecule has 0 aliphatic rings. The molecule has 0 aromatic heterocycles. The van der Waals surface area contributed by atoms with Gasteiger partial charge in [0.1, 0.15) is 0 Å². The van der Waals surface area contributed by atoms with Crippen LogP contribution in [0.25, 0.3) is 0 Å². The molecule has 0 heterocycles. The highest BCUT2D eigenvalue weighted by atomic mass is 32.2. The summed E-state index contributed by atoms with van der Waals surface area (Å²) in [6.07, 6.45) is 0. The maximum Gasteiger partial charge on any atom is 0.211 e. The van der Waals surface area contributed by atoms with Crippen molar-refractivity contribution in [1.29, 1.82) is 0 Å². The molecular weight excluding hydrogens is 164 g/mol. The van der Waals surface area contributed by atoms with Gasteiger partial charge in [0.05, 0.1) is 10.6 Å². The van der Waals surface area contributed by atoms with Crippen LogP contribution in [0, 0.1) is 0 Å². The van der Waals surface area contributed by atoms with E-state index in [1.807, 2.05) is 0 Å². The molecule has 0 radical (unpaired) electrons. The van der Waals surface area contributed by atoms with Crippen LogP contribution in [0.5, 0.6) is 0 Å². The smallest absolute Gasteiger partial charge is 0.211 e.